The summed E-state index contributed by atoms with van der Waals surface area (Å²) >= 11 is 0. The number of amides is 2. The van der Waals surface area contributed by atoms with Gasteiger partial charge in [0.15, 0.2) is 0 Å². The fraction of sp³-hybridized carbons (Fsp3) is 0.727. The highest BCUT2D eigenvalue weighted by Gasteiger charge is 2.41. The lowest BCUT2D eigenvalue weighted by Gasteiger charge is -2.31. The van der Waals surface area contributed by atoms with Gasteiger partial charge in [0.05, 0.1) is 11.8 Å². The van der Waals surface area contributed by atoms with E-state index in [0.29, 0.717) is 32.4 Å². The Hall–Kier alpha value is -1.59. The van der Waals surface area contributed by atoms with Crippen molar-refractivity contribution in [1.82, 2.24) is 10.6 Å². The largest absolute Gasteiger partial charge is 0.481 e. The maximum atomic E-state index is 11.6. The quantitative estimate of drug-likeness (QED) is 0.559. The van der Waals surface area contributed by atoms with Crippen LogP contribution in [-0.4, -0.2) is 36.0 Å². The van der Waals surface area contributed by atoms with E-state index in [1.165, 1.54) is 6.92 Å². The molecule has 1 rings (SSSR count). The Labute approximate surface area is 99.8 Å². The molecular formula is C11H18N2O4. The molecule has 0 aromatic rings. The highest BCUT2D eigenvalue weighted by Crippen LogP contribution is 2.34. The molecule has 96 valence electrons. The van der Waals surface area contributed by atoms with E-state index in [1.807, 2.05) is 0 Å². The number of carboxylic acids is 1. The number of hydrogen-bond acceptors (Lipinski definition) is 3. The number of hydrogen-bond donors (Lipinski definition) is 3. The van der Waals surface area contributed by atoms with Crippen LogP contribution in [0.15, 0.2) is 0 Å². The molecule has 1 aliphatic carbocycles. The molecule has 0 saturated heterocycles. The average Bonchev–Trinajstić information content (AvgIpc) is 2.13. The van der Waals surface area contributed by atoms with E-state index in [9.17, 15) is 14.4 Å². The Morgan fingerprint density at radius 3 is 2.18 bits per heavy atom. The van der Waals surface area contributed by atoms with E-state index < -0.39 is 11.9 Å². The fourth-order valence-electron chi connectivity index (χ4n) is 1.80. The molecule has 0 bridgehead atoms. The molecule has 1 fully saturated rings. The summed E-state index contributed by atoms with van der Waals surface area (Å²) in [6.45, 7) is 2.41. The van der Waals surface area contributed by atoms with Gasteiger partial charge in [0.1, 0.15) is 0 Å². The number of aliphatic carboxylic acids is 1. The lowest BCUT2D eigenvalue weighted by atomic mass is 9.73. The second-order valence-corrected chi connectivity index (χ2v) is 4.26. The molecule has 0 radical (unpaired) electrons. The minimum absolute atomic E-state index is 0.0961. The van der Waals surface area contributed by atoms with Crippen LogP contribution >= 0.6 is 0 Å². The molecule has 0 aromatic carbocycles. The van der Waals surface area contributed by atoms with Crippen molar-refractivity contribution in [3.8, 4) is 0 Å². The molecule has 2 atom stereocenters. The van der Waals surface area contributed by atoms with Crippen molar-refractivity contribution >= 4 is 17.8 Å². The first-order valence-corrected chi connectivity index (χ1v) is 5.77. The van der Waals surface area contributed by atoms with Crippen LogP contribution in [0, 0.1) is 11.8 Å². The Morgan fingerprint density at radius 2 is 1.71 bits per heavy atom. The number of rotatable bonds is 6. The van der Waals surface area contributed by atoms with Gasteiger partial charge in [-0.1, -0.05) is 0 Å². The smallest absolute Gasteiger partial charge is 0.307 e. The Bertz CT molecular complexity index is 317. The van der Waals surface area contributed by atoms with Gasteiger partial charge in [-0.3, -0.25) is 14.4 Å². The van der Waals surface area contributed by atoms with Crippen LogP contribution in [0.1, 0.15) is 26.2 Å². The van der Waals surface area contributed by atoms with E-state index >= 15 is 0 Å². The maximum absolute atomic E-state index is 11.6. The fourth-order valence-corrected chi connectivity index (χ4v) is 1.80. The summed E-state index contributed by atoms with van der Waals surface area (Å²) in [4.78, 5) is 32.9. The topological polar surface area (TPSA) is 95.5 Å². The van der Waals surface area contributed by atoms with Gasteiger partial charge in [-0.25, -0.2) is 0 Å². The van der Waals surface area contributed by atoms with Crippen LogP contribution in [0.4, 0.5) is 0 Å². The third kappa shape index (κ3) is 4.05. The second kappa shape index (κ2) is 6.22. The van der Waals surface area contributed by atoms with E-state index in [-0.39, 0.29) is 17.7 Å². The highest BCUT2D eigenvalue weighted by atomic mass is 16.4. The van der Waals surface area contributed by atoms with Crippen molar-refractivity contribution in [2.45, 2.75) is 26.2 Å². The predicted octanol–water partition coefficient (Wildman–Crippen LogP) is -0.260. The molecule has 0 aromatic heterocycles. The van der Waals surface area contributed by atoms with Gasteiger partial charge in [0.25, 0.3) is 0 Å². The molecule has 2 unspecified atom stereocenters. The third-order valence-electron chi connectivity index (χ3n) is 2.96. The Morgan fingerprint density at radius 1 is 1.12 bits per heavy atom. The highest BCUT2D eigenvalue weighted by molar-refractivity contribution is 5.86. The number of carboxylic acid groups (broad SMARTS) is 1. The first kappa shape index (κ1) is 13.5. The summed E-state index contributed by atoms with van der Waals surface area (Å²) in [6.07, 6.45) is 1.88. The zero-order valence-electron chi connectivity index (χ0n) is 9.86. The average molecular weight is 242 g/mol. The first-order chi connectivity index (χ1) is 8.02. The molecular weight excluding hydrogens is 224 g/mol. The first-order valence-electron chi connectivity index (χ1n) is 5.77. The molecule has 17 heavy (non-hydrogen) atoms. The van der Waals surface area contributed by atoms with Crippen LogP contribution in [0.25, 0.3) is 0 Å². The normalized spacial score (nSPS) is 22.4. The van der Waals surface area contributed by atoms with Crippen molar-refractivity contribution in [2.24, 2.45) is 11.8 Å². The molecule has 3 N–H and O–H groups in total. The van der Waals surface area contributed by atoms with Crippen molar-refractivity contribution in [3.05, 3.63) is 0 Å². The summed E-state index contributed by atoms with van der Waals surface area (Å²) in [6, 6.07) is 0. The zero-order valence-corrected chi connectivity index (χ0v) is 9.86. The zero-order chi connectivity index (χ0) is 12.8. The molecule has 0 heterocycles. The van der Waals surface area contributed by atoms with E-state index in [4.69, 9.17) is 5.11 Å². The predicted molar refractivity (Wildman–Crippen MR) is 60.2 cm³/mol. The molecule has 6 nitrogen and oxygen atoms in total. The van der Waals surface area contributed by atoms with E-state index in [2.05, 4.69) is 10.6 Å². The van der Waals surface area contributed by atoms with Crippen molar-refractivity contribution in [1.29, 1.82) is 0 Å². The summed E-state index contributed by atoms with van der Waals surface area (Å²) in [7, 11) is 0. The van der Waals surface area contributed by atoms with Crippen molar-refractivity contribution < 1.29 is 19.5 Å². The lowest BCUT2D eigenvalue weighted by Crippen LogP contribution is -2.44. The summed E-state index contributed by atoms with van der Waals surface area (Å²) in [5.74, 6) is -2.08. The van der Waals surface area contributed by atoms with Crippen LogP contribution in [0.5, 0.6) is 0 Å². The monoisotopic (exact) mass is 242 g/mol. The summed E-state index contributed by atoms with van der Waals surface area (Å²) < 4.78 is 0. The Kier molecular flexibility index (Phi) is 4.93. The number of carbonyl (C=O) groups excluding carboxylic acids is 2. The minimum Gasteiger partial charge on any atom is -0.481 e. The standard InChI is InChI=1S/C11H18N2O4/c1-7(14)12-5-2-6-13-10(15)8-3-4-9(8)11(16)17/h8-9H,2-6H2,1H3,(H,12,14)(H,13,15)(H,16,17). The molecule has 0 spiro atoms. The SMILES string of the molecule is CC(=O)NCCCNC(=O)C1CCC1C(=O)O. The lowest BCUT2D eigenvalue weighted by molar-refractivity contribution is -0.152. The number of nitrogens with one attached hydrogen (secondary N) is 2. The summed E-state index contributed by atoms with van der Waals surface area (Å²) in [5, 5.41) is 14.1. The van der Waals surface area contributed by atoms with Gasteiger partial charge in [0, 0.05) is 20.0 Å². The van der Waals surface area contributed by atoms with E-state index in [1.54, 1.807) is 0 Å². The molecule has 6 heteroatoms. The number of carbonyl (C=O) groups is 3. The van der Waals surface area contributed by atoms with Gasteiger partial charge >= 0.3 is 5.97 Å². The maximum Gasteiger partial charge on any atom is 0.307 e. The Balaban J connectivity index is 2.13. The van der Waals surface area contributed by atoms with Crippen LogP contribution < -0.4 is 10.6 Å². The molecule has 1 saturated carbocycles. The van der Waals surface area contributed by atoms with Gasteiger partial charge in [-0.05, 0) is 19.3 Å². The van der Waals surface area contributed by atoms with Gasteiger partial charge in [-0.15, -0.1) is 0 Å². The van der Waals surface area contributed by atoms with Gasteiger partial charge in [-0.2, -0.15) is 0 Å². The third-order valence-corrected chi connectivity index (χ3v) is 2.96. The molecule has 2 amide bonds. The van der Waals surface area contributed by atoms with Crippen molar-refractivity contribution in [2.75, 3.05) is 13.1 Å². The second-order valence-electron chi connectivity index (χ2n) is 4.26. The van der Waals surface area contributed by atoms with Gasteiger partial charge in [0.2, 0.25) is 11.8 Å². The van der Waals surface area contributed by atoms with Crippen molar-refractivity contribution in [3.63, 3.8) is 0 Å². The van der Waals surface area contributed by atoms with Crippen LogP contribution in [0.2, 0.25) is 0 Å². The van der Waals surface area contributed by atoms with Gasteiger partial charge < -0.3 is 15.7 Å². The van der Waals surface area contributed by atoms with Crippen LogP contribution in [0.3, 0.4) is 0 Å². The van der Waals surface area contributed by atoms with Crippen LogP contribution in [-0.2, 0) is 14.4 Å². The summed E-state index contributed by atoms with van der Waals surface area (Å²) in [5.41, 5.74) is 0. The molecule has 1 aliphatic rings. The minimum atomic E-state index is -0.894. The molecule has 0 aliphatic heterocycles. The van der Waals surface area contributed by atoms with E-state index in [0.717, 1.165) is 0 Å².